The molecule has 0 amide bonds. The topological polar surface area (TPSA) is 22.0 Å². The third-order valence-electron chi connectivity index (χ3n) is 3.53. The van der Waals surface area contributed by atoms with Crippen LogP contribution in [-0.2, 0) is 11.0 Å². The third kappa shape index (κ3) is 2.49. The summed E-state index contributed by atoms with van der Waals surface area (Å²) in [7, 11) is 0. The summed E-state index contributed by atoms with van der Waals surface area (Å²) in [6.45, 7) is 12.4. The number of aromatic nitrogens is 1. The van der Waals surface area contributed by atoms with Crippen molar-refractivity contribution in [1.82, 2.24) is 4.57 Å². The zero-order valence-corrected chi connectivity index (χ0v) is 13.8. The predicted octanol–water partition coefficient (Wildman–Crippen LogP) is 4.71. The number of hydrogen-bond acceptors (Lipinski definition) is 1. The first kappa shape index (κ1) is 15.1. The van der Waals surface area contributed by atoms with Crippen molar-refractivity contribution in [2.45, 2.75) is 52.5 Å². The van der Waals surface area contributed by atoms with E-state index in [1.807, 2.05) is 32.9 Å². The van der Waals surface area contributed by atoms with Crippen LogP contribution in [0.3, 0.4) is 0 Å². The quantitative estimate of drug-likeness (QED) is 0.689. The molecule has 1 aromatic heterocycles. The minimum Gasteiger partial charge on any atom is -0.308 e. The molecule has 0 spiro atoms. The van der Waals surface area contributed by atoms with Crippen LogP contribution in [0, 0.1) is 0 Å². The maximum absolute atomic E-state index is 12.7. The lowest BCUT2D eigenvalue weighted by molar-refractivity contribution is 0.386. The molecule has 2 nitrogen and oxygen atoms in total. The molecule has 1 heterocycles. The normalized spacial score (nSPS) is 12.9. The minimum absolute atomic E-state index is 0.0167. The number of hydrogen-bond donors (Lipinski definition) is 0. The van der Waals surface area contributed by atoms with E-state index in [2.05, 4.69) is 26.8 Å². The molecule has 2 rings (SSSR count). The molecule has 0 aliphatic heterocycles. The summed E-state index contributed by atoms with van der Waals surface area (Å²) in [4.78, 5) is 12.7. The Labute approximate surface area is 125 Å². The van der Waals surface area contributed by atoms with E-state index in [1.54, 1.807) is 10.8 Å². The fourth-order valence-electron chi connectivity index (χ4n) is 2.48. The van der Waals surface area contributed by atoms with E-state index in [-0.39, 0.29) is 16.5 Å². The van der Waals surface area contributed by atoms with Gasteiger partial charge in [0.05, 0.1) is 5.02 Å². The molecule has 0 saturated heterocycles. The van der Waals surface area contributed by atoms with E-state index in [4.69, 9.17) is 11.6 Å². The zero-order chi connectivity index (χ0) is 15.3. The lowest BCUT2D eigenvalue weighted by atomic mass is 9.84. The van der Waals surface area contributed by atoms with Gasteiger partial charge >= 0.3 is 0 Å². The molecule has 108 valence electrons. The molecule has 0 saturated carbocycles. The van der Waals surface area contributed by atoms with Crippen LogP contribution in [0.1, 0.15) is 47.1 Å². The van der Waals surface area contributed by atoms with Gasteiger partial charge in [-0.25, -0.2) is 0 Å². The van der Waals surface area contributed by atoms with E-state index >= 15 is 0 Å². The van der Waals surface area contributed by atoms with E-state index < -0.39 is 0 Å². The maximum Gasteiger partial charge on any atom is 0.259 e. The molecule has 0 unspecified atom stereocenters. The molecule has 20 heavy (non-hydrogen) atoms. The second-order valence-corrected chi connectivity index (χ2v) is 7.71. The number of rotatable bonds is 0. The molecule has 1 aromatic carbocycles. The van der Waals surface area contributed by atoms with Gasteiger partial charge in [0.15, 0.2) is 0 Å². The van der Waals surface area contributed by atoms with Gasteiger partial charge in [0.2, 0.25) is 0 Å². The first-order valence-corrected chi connectivity index (χ1v) is 7.26. The molecule has 0 radical (unpaired) electrons. The standard InChI is InChI=1S/C17H22ClNO/c1-16(2,3)12-9-7-8-11-14(12)13(18)10-19(15(11)20)17(4,5)6/h7-10H,1-6H3. The molecule has 0 atom stereocenters. The molecule has 0 aliphatic carbocycles. The number of fused-ring (bicyclic) bond motifs is 1. The van der Waals surface area contributed by atoms with Crippen LogP contribution in [0.2, 0.25) is 5.02 Å². The number of halogens is 1. The van der Waals surface area contributed by atoms with Gasteiger partial charge in [-0.3, -0.25) is 4.79 Å². The highest BCUT2D eigenvalue weighted by atomic mass is 35.5. The largest absolute Gasteiger partial charge is 0.308 e. The van der Waals surface area contributed by atoms with E-state index in [9.17, 15) is 4.79 Å². The second kappa shape index (κ2) is 4.63. The van der Waals surface area contributed by atoms with Gasteiger partial charge in [-0.2, -0.15) is 0 Å². The summed E-state index contributed by atoms with van der Waals surface area (Å²) in [6, 6.07) is 5.85. The fourth-order valence-corrected chi connectivity index (χ4v) is 2.78. The summed E-state index contributed by atoms with van der Waals surface area (Å²) >= 11 is 6.49. The smallest absolute Gasteiger partial charge is 0.259 e. The van der Waals surface area contributed by atoms with Crippen molar-refractivity contribution in [3.8, 4) is 0 Å². The van der Waals surface area contributed by atoms with Gasteiger partial charge < -0.3 is 4.57 Å². The van der Waals surface area contributed by atoms with Crippen LogP contribution in [0.4, 0.5) is 0 Å². The average Bonchev–Trinajstić information content (AvgIpc) is 2.30. The van der Waals surface area contributed by atoms with Gasteiger partial charge in [0.1, 0.15) is 0 Å². The van der Waals surface area contributed by atoms with Crippen LogP contribution in [-0.4, -0.2) is 4.57 Å². The van der Waals surface area contributed by atoms with Crippen molar-refractivity contribution < 1.29 is 0 Å². The Bertz CT molecular complexity index is 715. The summed E-state index contributed by atoms with van der Waals surface area (Å²) < 4.78 is 1.71. The Balaban J connectivity index is 2.96. The van der Waals surface area contributed by atoms with Gasteiger partial charge in [0, 0.05) is 22.5 Å². The highest BCUT2D eigenvalue weighted by Crippen LogP contribution is 2.33. The number of nitrogens with zero attached hydrogens (tertiary/aromatic N) is 1. The summed E-state index contributed by atoms with van der Waals surface area (Å²) in [6.07, 6.45) is 1.77. The van der Waals surface area contributed by atoms with E-state index in [1.165, 1.54) is 0 Å². The lowest BCUT2D eigenvalue weighted by Crippen LogP contribution is -2.33. The number of pyridine rings is 1. The molecular weight excluding hydrogens is 270 g/mol. The summed E-state index contributed by atoms with van der Waals surface area (Å²) in [5.41, 5.74) is 0.789. The molecule has 3 heteroatoms. The van der Waals surface area contributed by atoms with Crippen molar-refractivity contribution >= 4 is 22.4 Å². The van der Waals surface area contributed by atoms with Crippen molar-refractivity contribution in [3.05, 3.63) is 45.3 Å². The Morgan fingerprint density at radius 3 is 2.15 bits per heavy atom. The minimum atomic E-state index is -0.285. The van der Waals surface area contributed by atoms with Crippen LogP contribution in [0.25, 0.3) is 10.8 Å². The Morgan fingerprint density at radius 2 is 1.65 bits per heavy atom. The van der Waals surface area contributed by atoms with Gasteiger partial charge in [0.25, 0.3) is 5.56 Å². The van der Waals surface area contributed by atoms with Crippen LogP contribution >= 0.6 is 11.6 Å². The molecule has 0 aliphatic rings. The van der Waals surface area contributed by atoms with Crippen molar-refractivity contribution in [3.63, 3.8) is 0 Å². The monoisotopic (exact) mass is 291 g/mol. The third-order valence-corrected chi connectivity index (χ3v) is 3.81. The molecule has 0 fully saturated rings. The van der Waals surface area contributed by atoms with E-state index in [0.29, 0.717) is 10.4 Å². The summed E-state index contributed by atoms with van der Waals surface area (Å²) in [5, 5.41) is 2.21. The highest BCUT2D eigenvalue weighted by Gasteiger charge is 2.22. The van der Waals surface area contributed by atoms with Crippen LogP contribution in [0.15, 0.2) is 29.2 Å². The van der Waals surface area contributed by atoms with Gasteiger partial charge in [-0.15, -0.1) is 0 Å². The fraction of sp³-hybridized carbons (Fsp3) is 0.471. The van der Waals surface area contributed by atoms with Gasteiger partial charge in [-0.1, -0.05) is 44.5 Å². The Kier molecular flexibility index (Phi) is 3.50. The Morgan fingerprint density at radius 1 is 1.05 bits per heavy atom. The molecule has 0 bridgehead atoms. The van der Waals surface area contributed by atoms with Crippen molar-refractivity contribution in [2.24, 2.45) is 0 Å². The Hall–Kier alpha value is -1.28. The first-order valence-electron chi connectivity index (χ1n) is 6.88. The second-order valence-electron chi connectivity index (χ2n) is 7.30. The highest BCUT2D eigenvalue weighted by molar-refractivity contribution is 6.35. The van der Waals surface area contributed by atoms with Crippen LogP contribution in [0.5, 0.6) is 0 Å². The summed E-state index contributed by atoms with van der Waals surface area (Å²) in [5.74, 6) is 0. The molecule has 0 N–H and O–H groups in total. The van der Waals surface area contributed by atoms with E-state index in [0.717, 1.165) is 10.9 Å². The SMILES string of the molecule is CC(C)(C)c1cccc2c(=O)n(C(C)(C)C)cc(Cl)c12. The van der Waals surface area contributed by atoms with Gasteiger partial charge in [-0.05, 0) is 37.8 Å². The average molecular weight is 292 g/mol. The molecular formula is C17H22ClNO. The first-order chi connectivity index (χ1) is 9.03. The predicted molar refractivity (Wildman–Crippen MR) is 86.9 cm³/mol. The number of benzene rings is 1. The lowest BCUT2D eigenvalue weighted by Gasteiger charge is -2.26. The maximum atomic E-state index is 12.7. The van der Waals surface area contributed by atoms with Crippen LogP contribution < -0.4 is 5.56 Å². The van der Waals surface area contributed by atoms with Crippen molar-refractivity contribution in [2.75, 3.05) is 0 Å². The zero-order valence-electron chi connectivity index (χ0n) is 13.0. The van der Waals surface area contributed by atoms with Crippen molar-refractivity contribution in [1.29, 1.82) is 0 Å². The molecule has 2 aromatic rings.